The predicted octanol–water partition coefficient (Wildman–Crippen LogP) is 2.67. The smallest absolute Gasteiger partial charge is 0.123 e. The lowest BCUT2D eigenvalue weighted by Crippen LogP contribution is -2.49. The molecule has 1 fully saturated rings. The van der Waals surface area contributed by atoms with Gasteiger partial charge >= 0.3 is 0 Å². The highest BCUT2D eigenvalue weighted by Gasteiger charge is 2.21. The molecule has 1 atom stereocenters. The van der Waals surface area contributed by atoms with Crippen molar-refractivity contribution in [2.45, 2.75) is 46.1 Å². The molecule has 2 rings (SSSR count). The van der Waals surface area contributed by atoms with Gasteiger partial charge in [0.15, 0.2) is 0 Å². The van der Waals surface area contributed by atoms with Gasteiger partial charge in [0.05, 0.1) is 0 Å². The lowest BCUT2D eigenvalue weighted by molar-refractivity contribution is 0.0466. The van der Waals surface area contributed by atoms with Crippen molar-refractivity contribution >= 4 is 0 Å². The molecule has 1 aliphatic rings. The number of nitrogens with zero attached hydrogens (tertiary/aromatic N) is 2. The second kappa shape index (κ2) is 8.32. The first kappa shape index (κ1) is 19.2. The molecule has 0 aromatic heterocycles. The monoisotopic (exact) mass is 334 g/mol. The van der Waals surface area contributed by atoms with Crippen molar-refractivity contribution < 1.29 is 9.84 Å². The molecule has 0 aliphatic carbocycles. The van der Waals surface area contributed by atoms with Crippen molar-refractivity contribution in [2.75, 3.05) is 45.9 Å². The molecule has 0 bridgehead atoms. The minimum atomic E-state index is -0.452. The SMILES string of the molecule is CCN1CCN(C[C@H](O)COc2ccc(C)cc2C(C)(C)C)CC1. The van der Waals surface area contributed by atoms with Crippen LogP contribution < -0.4 is 4.74 Å². The largest absolute Gasteiger partial charge is 0.491 e. The standard InChI is InChI=1S/C20H34N2O2/c1-6-21-9-11-22(12-10-21)14-17(23)15-24-19-8-7-16(2)13-18(19)20(3,4)5/h7-8,13,17,23H,6,9-12,14-15H2,1-5H3/t17-/m0/s1. The average Bonchev–Trinajstić information content (AvgIpc) is 2.53. The molecule has 1 aliphatic heterocycles. The maximum Gasteiger partial charge on any atom is 0.123 e. The van der Waals surface area contributed by atoms with Gasteiger partial charge in [-0.25, -0.2) is 0 Å². The van der Waals surface area contributed by atoms with E-state index in [0.717, 1.165) is 38.5 Å². The van der Waals surface area contributed by atoms with E-state index in [-0.39, 0.29) is 5.41 Å². The maximum absolute atomic E-state index is 10.4. The van der Waals surface area contributed by atoms with Crippen molar-refractivity contribution in [2.24, 2.45) is 0 Å². The summed E-state index contributed by atoms with van der Waals surface area (Å²) < 4.78 is 5.98. The maximum atomic E-state index is 10.4. The molecule has 0 amide bonds. The minimum Gasteiger partial charge on any atom is -0.491 e. The van der Waals surface area contributed by atoms with E-state index in [1.54, 1.807) is 0 Å². The normalized spacial score (nSPS) is 18.6. The molecule has 4 nitrogen and oxygen atoms in total. The number of likely N-dealkylation sites (N-methyl/N-ethyl adjacent to an activating group) is 1. The number of hydrogen-bond acceptors (Lipinski definition) is 4. The average molecular weight is 335 g/mol. The number of aliphatic hydroxyl groups excluding tert-OH is 1. The third-order valence-electron chi connectivity index (χ3n) is 4.76. The van der Waals surface area contributed by atoms with Gasteiger partial charge in [0, 0.05) is 32.7 Å². The van der Waals surface area contributed by atoms with Gasteiger partial charge in [-0.15, -0.1) is 0 Å². The van der Waals surface area contributed by atoms with Crippen LogP contribution in [-0.4, -0.2) is 66.9 Å². The molecule has 136 valence electrons. The molecule has 0 unspecified atom stereocenters. The van der Waals surface area contributed by atoms with Crippen molar-refractivity contribution in [3.63, 3.8) is 0 Å². The van der Waals surface area contributed by atoms with Crippen LogP contribution in [0.4, 0.5) is 0 Å². The summed E-state index contributed by atoms with van der Waals surface area (Å²) in [7, 11) is 0. The van der Waals surface area contributed by atoms with Crippen LogP contribution in [0.3, 0.4) is 0 Å². The Bertz CT molecular complexity index is 517. The summed E-state index contributed by atoms with van der Waals surface area (Å²) in [5.74, 6) is 0.892. The molecule has 24 heavy (non-hydrogen) atoms. The van der Waals surface area contributed by atoms with Crippen LogP contribution in [0.25, 0.3) is 0 Å². The molecule has 1 aromatic carbocycles. The molecule has 1 N–H and O–H groups in total. The zero-order chi connectivity index (χ0) is 17.7. The molecule has 0 radical (unpaired) electrons. The second-order valence-corrected chi connectivity index (χ2v) is 7.95. The Morgan fingerprint density at radius 1 is 1.12 bits per heavy atom. The zero-order valence-electron chi connectivity index (χ0n) is 16.0. The van der Waals surface area contributed by atoms with Crippen LogP contribution >= 0.6 is 0 Å². The van der Waals surface area contributed by atoms with E-state index < -0.39 is 6.10 Å². The lowest BCUT2D eigenvalue weighted by Gasteiger charge is -2.35. The van der Waals surface area contributed by atoms with Gasteiger partial charge in [0.2, 0.25) is 0 Å². The molecule has 1 aromatic rings. The fourth-order valence-electron chi connectivity index (χ4n) is 3.18. The van der Waals surface area contributed by atoms with Crippen molar-refractivity contribution in [1.29, 1.82) is 0 Å². The Morgan fingerprint density at radius 3 is 2.33 bits per heavy atom. The fraction of sp³-hybridized carbons (Fsp3) is 0.700. The summed E-state index contributed by atoms with van der Waals surface area (Å²) in [6.07, 6.45) is -0.452. The lowest BCUT2D eigenvalue weighted by atomic mass is 9.85. The van der Waals surface area contributed by atoms with E-state index in [1.165, 1.54) is 11.1 Å². The van der Waals surface area contributed by atoms with E-state index in [0.29, 0.717) is 13.2 Å². The highest BCUT2D eigenvalue weighted by atomic mass is 16.5. The predicted molar refractivity (Wildman–Crippen MR) is 99.9 cm³/mol. The van der Waals surface area contributed by atoms with E-state index in [4.69, 9.17) is 4.74 Å². The molecular weight excluding hydrogens is 300 g/mol. The van der Waals surface area contributed by atoms with Crippen LogP contribution in [0.5, 0.6) is 5.75 Å². The number of aryl methyl sites for hydroxylation is 1. The van der Waals surface area contributed by atoms with Crippen LogP contribution in [0, 0.1) is 6.92 Å². The quantitative estimate of drug-likeness (QED) is 0.868. The molecule has 4 heteroatoms. The number of hydrogen-bond donors (Lipinski definition) is 1. The number of piperazine rings is 1. The second-order valence-electron chi connectivity index (χ2n) is 7.95. The summed E-state index contributed by atoms with van der Waals surface area (Å²) in [6.45, 7) is 17.3. The van der Waals surface area contributed by atoms with E-state index in [2.05, 4.69) is 56.6 Å². The third kappa shape index (κ3) is 5.47. The summed E-state index contributed by atoms with van der Waals surface area (Å²) in [5.41, 5.74) is 2.47. The summed E-state index contributed by atoms with van der Waals surface area (Å²) in [6, 6.07) is 6.29. The Hall–Kier alpha value is -1.10. The van der Waals surface area contributed by atoms with Crippen molar-refractivity contribution in [1.82, 2.24) is 9.80 Å². The van der Waals surface area contributed by atoms with Gasteiger partial charge in [0.1, 0.15) is 18.5 Å². The Balaban J connectivity index is 1.87. The number of ether oxygens (including phenoxy) is 1. The summed E-state index contributed by atoms with van der Waals surface area (Å²) in [5, 5.41) is 10.4. The fourth-order valence-corrected chi connectivity index (χ4v) is 3.18. The highest BCUT2D eigenvalue weighted by molar-refractivity contribution is 5.41. The molecule has 0 saturated carbocycles. The van der Waals surface area contributed by atoms with E-state index in [1.807, 2.05) is 6.07 Å². The zero-order valence-corrected chi connectivity index (χ0v) is 16.0. The van der Waals surface area contributed by atoms with Gasteiger partial charge in [0.25, 0.3) is 0 Å². The number of benzene rings is 1. The molecule has 1 heterocycles. The van der Waals surface area contributed by atoms with Crippen molar-refractivity contribution in [3.8, 4) is 5.75 Å². The number of rotatable bonds is 6. The minimum absolute atomic E-state index is 0.0305. The first-order chi connectivity index (χ1) is 11.3. The highest BCUT2D eigenvalue weighted by Crippen LogP contribution is 2.32. The number of β-amino-alcohol motifs (C(OH)–C–C–N with tert-alkyl or cyclic N) is 1. The summed E-state index contributed by atoms with van der Waals surface area (Å²) in [4.78, 5) is 4.78. The van der Waals surface area contributed by atoms with Crippen LogP contribution in [0.1, 0.15) is 38.8 Å². The van der Waals surface area contributed by atoms with Gasteiger partial charge in [-0.3, -0.25) is 4.90 Å². The summed E-state index contributed by atoms with van der Waals surface area (Å²) >= 11 is 0. The van der Waals surface area contributed by atoms with Gasteiger partial charge < -0.3 is 14.7 Å². The Labute approximate surface area is 147 Å². The molecule has 0 spiro atoms. The van der Waals surface area contributed by atoms with E-state index in [9.17, 15) is 5.11 Å². The Kier molecular flexibility index (Phi) is 6.67. The van der Waals surface area contributed by atoms with Gasteiger partial charge in [-0.1, -0.05) is 45.4 Å². The van der Waals surface area contributed by atoms with E-state index >= 15 is 0 Å². The first-order valence-electron chi connectivity index (χ1n) is 9.16. The Morgan fingerprint density at radius 2 is 1.75 bits per heavy atom. The molecule has 1 saturated heterocycles. The topological polar surface area (TPSA) is 35.9 Å². The van der Waals surface area contributed by atoms with Gasteiger partial charge in [-0.2, -0.15) is 0 Å². The first-order valence-corrected chi connectivity index (χ1v) is 9.16. The molecular formula is C20H34N2O2. The van der Waals surface area contributed by atoms with Crippen LogP contribution in [0.2, 0.25) is 0 Å². The van der Waals surface area contributed by atoms with Gasteiger partial charge in [-0.05, 0) is 30.5 Å². The van der Waals surface area contributed by atoms with Crippen LogP contribution in [-0.2, 0) is 5.41 Å². The van der Waals surface area contributed by atoms with Crippen molar-refractivity contribution in [3.05, 3.63) is 29.3 Å². The number of aliphatic hydroxyl groups is 1. The third-order valence-corrected chi connectivity index (χ3v) is 4.76. The van der Waals surface area contributed by atoms with Crippen LogP contribution in [0.15, 0.2) is 18.2 Å².